The molecule has 3 aromatic carbocycles. The first-order valence-corrected chi connectivity index (χ1v) is 10.8. The molecule has 1 unspecified atom stereocenters. The molecule has 1 aliphatic rings. The highest BCUT2D eigenvalue weighted by atomic mass is 15.2. The Morgan fingerprint density at radius 2 is 1.52 bits per heavy atom. The first kappa shape index (κ1) is 18.2. The van der Waals surface area contributed by atoms with Crippen LogP contribution >= 0.6 is 0 Å². The molecule has 1 heterocycles. The van der Waals surface area contributed by atoms with Gasteiger partial charge >= 0.3 is 0 Å². The van der Waals surface area contributed by atoms with Gasteiger partial charge in [0.05, 0.1) is 0 Å². The summed E-state index contributed by atoms with van der Waals surface area (Å²) < 4.78 is 2.27. The van der Waals surface area contributed by atoms with Crippen LogP contribution in [0.25, 0.3) is 16.5 Å². The molecule has 0 saturated carbocycles. The minimum atomic E-state index is 0.601. The standard InChI is InChI=1S/C27H28N2/c1-2-14-28(18-21-8-4-3-5-9-21)27-15-22-12-13-26(16-25(22)17-27)29-19-23-10-6-7-11-24(23)20-29/h3-13,16,19-20,27H,2,14-15,17-18H2,1H3. The molecule has 0 amide bonds. The topological polar surface area (TPSA) is 8.17 Å². The lowest BCUT2D eigenvalue weighted by Gasteiger charge is -2.28. The summed E-state index contributed by atoms with van der Waals surface area (Å²) in [6, 6.07) is 27.1. The summed E-state index contributed by atoms with van der Waals surface area (Å²) >= 11 is 0. The average molecular weight is 381 g/mol. The molecule has 29 heavy (non-hydrogen) atoms. The molecule has 2 nitrogen and oxygen atoms in total. The van der Waals surface area contributed by atoms with Gasteiger partial charge < -0.3 is 4.57 Å². The molecule has 0 saturated heterocycles. The molecule has 0 aliphatic heterocycles. The Hall–Kier alpha value is -2.84. The molecule has 2 heteroatoms. The van der Waals surface area contributed by atoms with Crippen molar-refractivity contribution >= 4 is 10.8 Å². The molecule has 0 N–H and O–H groups in total. The maximum absolute atomic E-state index is 2.68. The summed E-state index contributed by atoms with van der Waals surface area (Å²) in [5.74, 6) is 0. The fourth-order valence-electron chi connectivity index (χ4n) is 4.73. The van der Waals surface area contributed by atoms with Crippen molar-refractivity contribution in [2.24, 2.45) is 0 Å². The zero-order chi connectivity index (χ0) is 19.6. The lowest BCUT2D eigenvalue weighted by Crippen LogP contribution is -2.36. The van der Waals surface area contributed by atoms with E-state index in [0.717, 1.165) is 25.9 Å². The highest BCUT2D eigenvalue weighted by molar-refractivity contribution is 5.82. The second kappa shape index (κ2) is 7.88. The molecular formula is C27H28N2. The van der Waals surface area contributed by atoms with E-state index < -0.39 is 0 Å². The van der Waals surface area contributed by atoms with E-state index in [0.29, 0.717) is 6.04 Å². The van der Waals surface area contributed by atoms with Crippen LogP contribution in [0, 0.1) is 0 Å². The molecule has 1 aliphatic carbocycles. The number of aromatic nitrogens is 1. The van der Waals surface area contributed by atoms with E-state index in [2.05, 4.69) is 102 Å². The minimum Gasteiger partial charge on any atom is -0.323 e. The summed E-state index contributed by atoms with van der Waals surface area (Å²) in [6.07, 6.45) is 7.98. The van der Waals surface area contributed by atoms with Crippen molar-refractivity contribution in [1.82, 2.24) is 9.47 Å². The lowest BCUT2D eigenvalue weighted by molar-refractivity contribution is 0.193. The van der Waals surface area contributed by atoms with Gasteiger partial charge in [0, 0.05) is 30.7 Å². The predicted octanol–water partition coefficient (Wildman–Crippen LogP) is 6.01. The van der Waals surface area contributed by atoms with Crippen LogP contribution in [0.3, 0.4) is 0 Å². The van der Waals surface area contributed by atoms with E-state index in [4.69, 9.17) is 0 Å². The maximum atomic E-state index is 2.68. The maximum Gasteiger partial charge on any atom is 0.0452 e. The fourth-order valence-corrected chi connectivity index (χ4v) is 4.73. The molecule has 0 fully saturated rings. The summed E-state index contributed by atoms with van der Waals surface area (Å²) in [7, 11) is 0. The second-order valence-electron chi connectivity index (χ2n) is 8.27. The lowest BCUT2D eigenvalue weighted by atomic mass is 10.1. The van der Waals surface area contributed by atoms with Gasteiger partial charge in [0.15, 0.2) is 0 Å². The minimum absolute atomic E-state index is 0.601. The van der Waals surface area contributed by atoms with Crippen LogP contribution in [-0.2, 0) is 19.4 Å². The zero-order valence-corrected chi connectivity index (χ0v) is 17.1. The monoisotopic (exact) mass is 380 g/mol. The van der Waals surface area contributed by atoms with Crippen LogP contribution in [0.1, 0.15) is 30.0 Å². The van der Waals surface area contributed by atoms with Gasteiger partial charge in [-0.3, -0.25) is 4.90 Å². The van der Waals surface area contributed by atoms with Crippen LogP contribution in [0.4, 0.5) is 0 Å². The van der Waals surface area contributed by atoms with Crippen molar-refractivity contribution in [2.45, 2.75) is 38.8 Å². The normalized spacial score (nSPS) is 15.9. The van der Waals surface area contributed by atoms with E-state index in [9.17, 15) is 0 Å². The van der Waals surface area contributed by atoms with E-state index in [1.165, 1.54) is 39.6 Å². The molecular weight excluding hydrogens is 352 g/mol. The highest BCUT2D eigenvalue weighted by Crippen LogP contribution is 2.29. The molecule has 0 spiro atoms. The number of benzene rings is 3. The van der Waals surface area contributed by atoms with Gasteiger partial charge in [-0.2, -0.15) is 0 Å². The molecule has 1 atom stereocenters. The Kier molecular flexibility index (Phi) is 4.95. The van der Waals surface area contributed by atoms with Gasteiger partial charge in [-0.1, -0.05) is 67.6 Å². The predicted molar refractivity (Wildman–Crippen MR) is 122 cm³/mol. The SMILES string of the molecule is CCCN(Cc1ccccc1)C1Cc2ccc(-n3cc4ccccc4c3)cc2C1. The first-order chi connectivity index (χ1) is 14.3. The Morgan fingerprint density at radius 3 is 2.24 bits per heavy atom. The smallest absolute Gasteiger partial charge is 0.0452 e. The molecule has 1 aromatic heterocycles. The fraction of sp³-hybridized carbons (Fsp3) is 0.259. The van der Waals surface area contributed by atoms with Gasteiger partial charge in [-0.25, -0.2) is 0 Å². The van der Waals surface area contributed by atoms with Gasteiger partial charge in [0.1, 0.15) is 0 Å². The van der Waals surface area contributed by atoms with Crippen molar-refractivity contribution < 1.29 is 0 Å². The number of fused-ring (bicyclic) bond motifs is 2. The van der Waals surface area contributed by atoms with Crippen LogP contribution in [-0.4, -0.2) is 22.1 Å². The van der Waals surface area contributed by atoms with Crippen LogP contribution in [0.5, 0.6) is 0 Å². The van der Waals surface area contributed by atoms with Crippen LogP contribution < -0.4 is 0 Å². The largest absolute Gasteiger partial charge is 0.323 e. The van der Waals surface area contributed by atoms with Crippen molar-refractivity contribution in [2.75, 3.05) is 6.54 Å². The van der Waals surface area contributed by atoms with E-state index in [-0.39, 0.29) is 0 Å². The average Bonchev–Trinajstić information content (AvgIpc) is 3.37. The number of hydrogen-bond donors (Lipinski definition) is 0. The van der Waals surface area contributed by atoms with Crippen molar-refractivity contribution in [1.29, 1.82) is 0 Å². The summed E-state index contributed by atoms with van der Waals surface area (Å²) in [6.45, 7) is 4.49. The number of hydrogen-bond acceptors (Lipinski definition) is 1. The quantitative estimate of drug-likeness (QED) is 0.398. The Labute approximate surface area is 173 Å². The molecule has 4 aromatic rings. The number of rotatable bonds is 6. The van der Waals surface area contributed by atoms with Crippen LogP contribution in [0.15, 0.2) is 85.2 Å². The van der Waals surface area contributed by atoms with Crippen molar-refractivity contribution in [3.8, 4) is 5.69 Å². The second-order valence-corrected chi connectivity index (χ2v) is 8.27. The Bertz CT molecular complexity index is 1080. The van der Waals surface area contributed by atoms with Crippen molar-refractivity contribution in [3.63, 3.8) is 0 Å². The highest BCUT2D eigenvalue weighted by Gasteiger charge is 2.26. The Morgan fingerprint density at radius 1 is 0.828 bits per heavy atom. The van der Waals surface area contributed by atoms with E-state index in [1.807, 2.05) is 0 Å². The van der Waals surface area contributed by atoms with Gasteiger partial charge in [0.25, 0.3) is 0 Å². The zero-order valence-electron chi connectivity index (χ0n) is 17.1. The van der Waals surface area contributed by atoms with E-state index >= 15 is 0 Å². The van der Waals surface area contributed by atoms with Crippen LogP contribution in [0.2, 0.25) is 0 Å². The van der Waals surface area contributed by atoms with Crippen molar-refractivity contribution in [3.05, 3.63) is 102 Å². The molecule has 0 bridgehead atoms. The third kappa shape index (κ3) is 3.73. The molecule has 0 radical (unpaired) electrons. The third-order valence-electron chi connectivity index (χ3n) is 6.21. The summed E-state index contributed by atoms with van der Waals surface area (Å²) in [5, 5.41) is 2.59. The van der Waals surface area contributed by atoms with E-state index in [1.54, 1.807) is 0 Å². The first-order valence-electron chi connectivity index (χ1n) is 10.8. The van der Waals surface area contributed by atoms with Gasteiger partial charge in [-0.15, -0.1) is 0 Å². The third-order valence-corrected chi connectivity index (χ3v) is 6.21. The van der Waals surface area contributed by atoms with Gasteiger partial charge in [-0.05, 0) is 65.4 Å². The summed E-state index contributed by atoms with van der Waals surface area (Å²) in [5.41, 5.74) is 5.71. The Balaban J connectivity index is 1.38. The summed E-state index contributed by atoms with van der Waals surface area (Å²) in [4.78, 5) is 2.68. The molecule has 5 rings (SSSR count). The number of nitrogens with zero attached hydrogens (tertiary/aromatic N) is 2. The van der Waals surface area contributed by atoms with Gasteiger partial charge in [0.2, 0.25) is 0 Å². The molecule has 146 valence electrons.